The van der Waals surface area contributed by atoms with Gasteiger partial charge in [0.25, 0.3) is 0 Å². The molecule has 4 unspecified atom stereocenters. The minimum atomic E-state index is -0.635. The van der Waals surface area contributed by atoms with E-state index in [0.717, 1.165) is 0 Å². The smallest absolute Gasteiger partial charge is 0.310 e. The predicted octanol–water partition coefficient (Wildman–Crippen LogP) is 0.174. The number of hydrogen-bond acceptors (Lipinski definition) is 5. The number of rotatable bonds is 2. The highest BCUT2D eigenvalue weighted by Crippen LogP contribution is 2.50. The van der Waals surface area contributed by atoms with Crippen LogP contribution in [0.3, 0.4) is 0 Å². The fraction of sp³-hybridized carbons (Fsp3) is 0.727. The van der Waals surface area contributed by atoms with Gasteiger partial charge in [-0.1, -0.05) is 0 Å². The maximum absolute atomic E-state index is 11.8. The Balaban J connectivity index is 2.30. The van der Waals surface area contributed by atoms with E-state index in [4.69, 9.17) is 0 Å². The van der Waals surface area contributed by atoms with Crippen LogP contribution in [0.25, 0.3) is 0 Å². The van der Waals surface area contributed by atoms with Crippen LogP contribution in [0.5, 0.6) is 0 Å². The fourth-order valence-corrected chi connectivity index (χ4v) is 3.03. The van der Waals surface area contributed by atoms with Gasteiger partial charge in [-0.25, -0.2) is 0 Å². The van der Waals surface area contributed by atoms with Crippen molar-refractivity contribution in [3.05, 3.63) is 0 Å². The molecule has 88 valence electrons. The van der Waals surface area contributed by atoms with Crippen LogP contribution in [0, 0.1) is 23.7 Å². The average Bonchev–Trinajstić information content (AvgIpc) is 2.80. The minimum Gasteiger partial charge on any atom is -0.469 e. The van der Waals surface area contributed by atoms with Gasteiger partial charge in [0.15, 0.2) is 0 Å². The Labute approximate surface area is 93.1 Å². The number of carbonyl (C=O) groups excluding carboxylic acids is 3. The van der Waals surface area contributed by atoms with E-state index in [9.17, 15) is 14.4 Å². The number of fused-ring (bicyclic) bond motifs is 2. The molecule has 0 N–H and O–H groups in total. The molecule has 2 aliphatic rings. The molecule has 0 aliphatic heterocycles. The van der Waals surface area contributed by atoms with Gasteiger partial charge in [-0.15, -0.1) is 0 Å². The van der Waals surface area contributed by atoms with Gasteiger partial charge in [0.2, 0.25) is 0 Å². The Morgan fingerprint density at radius 3 is 1.69 bits per heavy atom. The third-order valence-electron chi connectivity index (χ3n) is 3.72. The van der Waals surface area contributed by atoms with Gasteiger partial charge in [0.1, 0.15) is 5.78 Å². The van der Waals surface area contributed by atoms with Crippen molar-refractivity contribution in [1.82, 2.24) is 0 Å². The van der Waals surface area contributed by atoms with E-state index in [2.05, 4.69) is 9.47 Å². The van der Waals surface area contributed by atoms with E-state index < -0.39 is 23.8 Å². The van der Waals surface area contributed by atoms with Crippen LogP contribution in [-0.2, 0) is 23.9 Å². The molecular formula is C11H14O5. The Kier molecular flexibility index (Phi) is 2.69. The van der Waals surface area contributed by atoms with Crippen molar-refractivity contribution < 1.29 is 23.9 Å². The van der Waals surface area contributed by atoms with Gasteiger partial charge >= 0.3 is 11.9 Å². The second-order valence-corrected chi connectivity index (χ2v) is 4.29. The number of ketones is 1. The summed E-state index contributed by atoms with van der Waals surface area (Å²) in [4.78, 5) is 35.0. The summed E-state index contributed by atoms with van der Waals surface area (Å²) < 4.78 is 9.32. The third-order valence-corrected chi connectivity index (χ3v) is 3.72. The highest BCUT2D eigenvalue weighted by Gasteiger charge is 2.60. The first-order valence-corrected chi connectivity index (χ1v) is 5.31. The average molecular weight is 226 g/mol. The van der Waals surface area contributed by atoms with Crippen molar-refractivity contribution in [1.29, 1.82) is 0 Å². The van der Waals surface area contributed by atoms with Crippen molar-refractivity contribution in [2.75, 3.05) is 14.2 Å². The SMILES string of the molecule is COC(=O)C1C2CCC(C2=O)C1C(=O)OC. The second kappa shape index (κ2) is 3.88. The van der Waals surface area contributed by atoms with Gasteiger partial charge in [-0.2, -0.15) is 0 Å². The molecule has 5 nitrogen and oxygen atoms in total. The van der Waals surface area contributed by atoms with Crippen molar-refractivity contribution in [2.45, 2.75) is 12.8 Å². The van der Waals surface area contributed by atoms with Crippen LogP contribution in [0.1, 0.15) is 12.8 Å². The molecular weight excluding hydrogens is 212 g/mol. The molecule has 2 bridgehead atoms. The maximum atomic E-state index is 11.8. The fourth-order valence-electron chi connectivity index (χ4n) is 3.03. The van der Waals surface area contributed by atoms with E-state index in [-0.39, 0.29) is 17.6 Å². The van der Waals surface area contributed by atoms with Crippen LogP contribution in [-0.4, -0.2) is 31.9 Å². The zero-order chi connectivity index (χ0) is 11.9. The zero-order valence-corrected chi connectivity index (χ0v) is 9.26. The highest BCUT2D eigenvalue weighted by atomic mass is 16.5. The van der Waals surface area contributed by atoms with Gasteiger partial charge in [-0.3, -0.25) is 14.4 Å². The number of methoxy groups -OCH3 is 2. The molecule has 0 aromatic heterocycles. The molecule has 2 aliphatic carbocycles. The third kappa shape index (κ3) is 1.34. The Hall–Kier alpha value is -1.39. The van der Waals surface area contributed by atoms with Crippen LogP contribution in [0.15, 0.2) is 0 Å². The lowest BCUT2D eigenvalue weighted by molar-refractivity contribution is -0.160. The summed E-state index contributed by atoms with van der Waals surface area (Å²) >= 11 is 0. The number of hydrogen-bond donors (Lipinski definition) is 0. The number of Topliss-reactive ketones (excluding diaryl/α,β-unsaturated/α-hetero) is 1. The molecule has 5 heteroatoms. The maximum Gasteiger partial charge on any atom is 0.310 e. The van der Waals surface area contributed by atoms with Gasteiger partial charge in [0, 0.05) is 11.8 Å². The molecule has 2 fully saturated rings. The van der Waals surface area contributed by atoms with Crippen LogP contribution >= 0.6 is 0 Å². The molecule has 0 aromatic rings. The van der Waals surface area contributed by atoms with Crippen LogP contribution < -0.4 is 0 Å². The molecule has 0 amide bonds. The van der Waals surface area contributed by atoms with Crippen molar-refractivity contribution >= 4 is 17.7 Å². The number of ether oxygens (including phenoxy) is 2. The molecule has 0 heterocycles. The summed E-state index contributed by atoms with van der Waals surface area (Å²) in [5.41, 5.74) is 0. The molecule has 2 saturated carbocycles. The van der Waals surface area contributed by atoms with E-state index in [0.29, 0.717) is 12.8 Å². The van der Waals surface area contributed by atoms with E-state index in [1.54, 1.807) is 0 Å². The Morgan fingerprint density at radius 1 is 1.00 bits per heavy atom. The Morgan fingerprint density at radius 2 is 1.38 bits per heavy atom. The van der Waals surface area contributed by atoms with Crippen LogP contribution in [0.2, 0.25) is 0 Å². The lowest BCUT2D eigenvalue weighted by Gasteiger charge is -2.25. The highest BCUT2D eigenvalue weighted by molar-refractivity contribution is 5.99. The minimum absolute atomic E-state index is 0.0193. The summed E-state index contributed by atoms with van der Waals surface area (Å²) in [6.45, 7) is 0. The molecule has 0 radical (unpaired) electrons. The lowest BCUT2D eigenvalue weighted by atomic mass is 9.79. The van der Waals surface area contributed by atoms with E-state index in [1.165, 1.54) is 14.2 Å². The standard InChI is InChI=1S/C11H14O5/c1-15-10(13)7-5-3-4-6(9(5)12)8(7)11(14)16-2/h5-8H,3-4H2,1-2H3. The van der Waals surface area contributed by atoms with Crippen molar-refractivity contribution in [2.24, 2.45) is 23.7 Å². The quantitative estimate of drug-likeness (QED) is 0.628. The zero-order valence-electron chi connectivity index (χ0n) is 9.26. The first-order chi connectivity index (χ1) is 7.61. The summed E-state index contributed by atoms with van der Waals surface area (Å²) in [5, 5.41) is 0. The lowest BCUT2D eigenvalue weighted by Crippen LogP contribution is -2.36. The molecule has 0 spiro atoms. The predicted molar refractivity (Wildman–Crippen MR) is 52.2 cm³/mol. The number of carbonyl (C=O) groups is 3. The summed E-state index contributed by atoms with van der Waals surface area (Å²) in [6, 6.07) is 0. The Bertz CT molecular complexity index is 316. The van der Waals surface area contributed by atoms with E-state index in [1.807, 2.05) is 0 Å². The van der Waals surface area contributed by atoms with Crippen LogP contribution in [0.4, 0.5) is 0 Å². The molecule has 0 saturated heterocycles. The second-order valence-electron chi connectivity index (χ2n) is 4.29. The van der Waals surface area contributed by atoms with Crippen molar-refractivity contribution in [3.8, 4) is 0 Å². The van der Waals surface area contributed by atoms with Gasteiger partial charge < -0.3 is 9.47 Å². The molecule has 2 rings (SSSR count). The largest absolute Gasteiger partial charge is 0.469 e. The first kappa shape index (κ1) is 11.1. The monoisotopic (exact) mass is 226 g/mol. The normalized spacial score (nSPS) is 36.2. The summed E-state index contributed by atoms with van der Waals surface area (Å²) in [6.07, 6.45) is 1.35. The van der Waals surface area contributed by atoms with Gasteiger partial charge in [0.05, 0.1) is 26.1 Å². The number of esters is 2. The van der Waals surface area contributed by atoms with Crippen molar-refractivity contribution in [3.63, 3.8) is 0 Å². The molecule has 0 aromatic carbocycles. The summed E-state index contributed by atoms with van der Waals surface area (Å²) in [5.74, 6) is -2.90. The summed E-state index contributed by atoms with van der Waals surface area (Å²) in [7, 11) is 2.54. The molecule has 16 heavy (non-hydrogen) atoms. The van der Waals surface area contributed by atoms with E-state index >= 15 is 0 Å². The topological polar surface area (TPSA) is 69.7 Å². The molecule has 4 atom stereocenters. The van der Waals surface area contributed by atoms with Gasteiger partial charge in [-0.05, 0) is 12.8 Å². The first-order valence-electron chi connectivity index (χ1n) is 5.31.